The van der Waals surface area contributed by atoms with Crippen LogP contribution in [0.3, 0.4) is 0 Å². The minimum atomic E-state index is -2.01. The number of terminal acetylenes is 1. The van der Waals surface area contributed by atoms with E-state index in [2.05, 4.69) is 74.1 Å². The third-order valence-electron chi connectivity index (χ3n) is 8.11. The minimum absolute atomic E-state index is 0.0432. The van der Waals surface area contributed by atoms with E-state index in [9.17, 15) is 5.11 Å². The molecule has 0 unspecified atom stereocenters. The van der Waals surface area contributed by atoms with Crippen molar-refractivity contribution in [1.29, 1.82) is 0 Å². The van der Waals surface area contributed by atoms with Crippen LogP contribution in [0.15, 0.2) is 12.7 Å². The summed E-state index contributed by atoms with van der Waals surface area (Å²) in [5.74, 6) is 4.05. The second kappa shape index (κ2) is 6.50. The maximum atomic E-state index is 11.6. The first-order valence-corrected chi connectivity index (χ1v) is 13.1. The second-order valence-electron chi connectivity index (χ2n) is 11.0. The lowest BCUT2D eigenvalue weighted by atomic mass is 9.65. The Bertz CT molecular complexity index is 594. The maximum absolute atomic E-state index is 11.6. The molecule has 7 atom stereocenters. The van der Waals surface area contributed by atoms with Crippen LogP contribution >= 0.6 is 0 Å². The minimum Gasteiger partial charge on any atom is -0.413 e. The van der Waals surface area contributed by atoms with Crippen LogP contribution in [0.25, 0.3) is 0 Å². The Morgan fingerprint density at radius 1 is 1.35 bits per heavy atom. The first-order valence-electron chi connectivity index (χ1n) is 10.2. The van der Waals surface area contributed by atoms with Gasteiger partial charge in [-0.2, -0.15) is 0 Å². The number of hydrogen-bond donors (Lipinski definition) is 1. The van der Waals surface area contributed by atoms with Crippen LogP contribution in [0.1, 0.15) is 54.9 Å². The predicted octanol–water partition coefficient (Wildman–Crippen LogP) is 5.49. The highest BCUT2D eigenvalue weighted by Crippen LogP contribution is 2.71. The Morgan fingerprint density at radius 2 is 1.88 bits per heavy atom. The Kier molecular flexibility index (Phi) is 5.43. The summed E-state index contributed by atoms with van der Waals surface area (Å²) in [5.41, 5.74) is -0.893. The number of aliphatic hydroxyl groups is 1. The van der Waals surface area contributed by atoms with Crippen molar-refractivity contribution in [3.63, 3.8) is 0 Å². The first kappa shape index (κ1) is 21.7. The topological polar surface area (TPSA) is 29.5 Å². The Labute approximate surface area is 162 Å². The van der Waals surface area contributed by atoms with E-state index in [0.29, 0.717) is 11.8 Å². The summed E-state index contributed by atoms with van der Waals surface area (Å²) in [6.45, 7) is 24.3. The first-order chi connectivity index (χ1) is 11.6. The van der Waals surface area contributed by atoms with Crippen molar-refractivity contribution in [3.05, 3.63) is 12.7 Å². The smallest absolute Gasteiger partial charge is 0.192 e. The van der Waals surface area contributed by atoms with Gasteiger partial charge in [0.05, 0.1) is 6.10 Å². The fourth-order valence-electron chi connectivity index (χ4n) is 4.96. The molecule has 0 amide bonds. The van der Waals surface area contributed by atoms with Crippen LogP contribution in [0.5, 0.6) is 0 Å². The summed E-state index contributed by atoms with van der Waals surface area (Å²) >= 11 is 0. The molecular weight excluding hydrogens is 336 g/mol. The quantitative estimate of drug-likeness (QED) is 0.390. The van der Waals surface area contributed by atoms with Crippen LogP contribution in [-0.4, -0.2) is 25.1 Å². The molecule has 0 aromatic heterocycles. The van der Waals surface area contributed by atoms with Crippen molar-refractivity contribution < 1.29 is 9.53 Å². The van der Waals surface area contributed by atoms with Crippen molar-refractivity contribution in [2.45, 2.75) is 84.7 Å². The van der Waals surface area contributed by atoms with Crippen molar-refractivity contribution in [3.8, 4) is 12.3 Å². The molecule has 1 N–H and O–H groups in total. The lowest BCUT2D eigenvalue weighted by Crippen LogP contribution is -2.57. The largest absolute Gasteiger partial charge is 0.413 e. The van der Waals surface area contributed by atoms with Gasteiger partial charge in [-0.3, -0.25) is 0 Å². The molecule has 0 aromatic carbocycles. The van der Waals surface area contributed by atoms with Gasteiger partial charge in [0.15, 0.2) is 8.32 Å². The molecule has 148 valence electrons. The molecule has 3 heteroatoms. The van der Waals surface area contributed by atoms with Crippen molar-refractivity contribution in [2.75, 3.05) is 0 Å². The van der Waals surface area contributed by atoms with E-state index >= 15 is 0 Å². The zero-order chi connectivity index (χ0) is 20.3. The fourth-order valence-corrected chi connectivity index (χ4v) is 6.36. The van der Waals surface area contributed by atoms with Gasteiger partial charge in [0, 0.05) is 5.92 Å². The maximum Gasteiger partial charge on any atom is 0.192 e. The lowest BCUT2D eigenvalue weighted by molar-refractivity contribution is -0.0994. The average Bonchev–Trinajstić information content (AvgIpc) is 3.04. The molecule has 2 nitrogen and oxygen atoms in total. The predicted molar refractivity (Wildman–Crippen MR) is 113 cm³/mol. The molecular formula is C23H40O2Si. The highest BCUT2D eigenvalue weighted by molar-refractivity contribution is 6.74. The summed E-state index contributed by atoms with van der Waals surface area (Å²) in [4.78, 5) is 0. The Morgan fingerprint density at radius 3 is 2.31 bits per heavy atom. The van der Waals surface area contributed by atoms with E-state index in [0.717, 1.165) is 6.42 Å². The van der Waals surface area contributed by atoms with Crippen LogP contribution < -0.4 is 0 Å². The molecule has 0 heterocycles. The second-order valence-corrected chi connectivity index (χ2v) is 15.8. The van der Waals surface area contributed by atoms with Gasteiger partial charge in [0.2, 0.25) is 0 Å². The van der Waals surface area contributed by atoms with Crippen molar-refractivity contribution in [2.24, 2.45) is 35.0 Å². The van der Waals surface area contributed by atoms with Crippen LogP contribution in [0.4, 0.5) is 0 Å². The zero-order valence-corrected chi connectivity index (χ0v) is 19.4. The molecule has 0 aromatic rings. The van der Waals surface area contributed by atoms with Crippen LogP contribution in [-0.2, 0) is 4.43 Å². The van der Waals surface area contributed by atoms with Crippen molar-refractivity contribution >= 4 is 8.32 Å². The van der Waals surface area contributed by atoms with Gasteiger partial charge < -0.3 is 9.53 Å². The molecule has 2 aliphatic carbocycles. The van der Waals surface area contributed by atoms with Crippen LogP contribution in [0.2, 0.25) is 18.1 Å². The Balaban J connectivity index is 2.51. The van der Waals surface area contributed by atoms with Gasteiger partial charge in [-0.25, -0.2) is 0 Å². The summed E-state index contributed by atoms with van der Waals surface area (Å²) in [7, 11) is -2.01. The summed E-state index contributed by atoms with van der Waals surface area (Å²) in [6.07, 6.45) is 8.83. The lowest BCUT2D eigenvalue weighted by Gasteiger charge is -2.49. The molecule has 0 aliphatic heterocycles. The number of rotatable bonds is 5. The van der Waals surface area contributed by atoms with E-state index in [1.54, 1.807) is 0 Å². The van der Waals surface area contributed by atoms with Crippen LogP contribution in [0, 0.1) is 47.3 Å². The van der Waals surface area contributed by atoms with Gasteiger partial charge in [-0.1, -0.05) is 60.5 Å². The summed E-state index contributed by atoms with van der Waals surface area (Å²) < 4.78 is 6.94. The van der Waals surface area contributed by atoms with Gasteiger partial charge in [-0.15, -0.1) is 13.0 Å². The fraction of sp³-hybridized carbons (Fsp3) is 0.826. The van der Waals surface area contributed by atoms with Crippen molar-refractivity contribution in [1.82, 2.24) is 0 Å². The van der Waals surface area contributed by atoms with E-state index < -0.39 is 13.9 Å². The van der Waals surface area contributed by atoms with E-state index in [-0.39, 0.29) is 34.3 Å². The van der Waals surface area contributed by atoms with Gasteiger partial charge in [-0.05, 0) is 53.6 Å². The molecule has 2 saturated carbocycles. The molecule has 2 fully saturated rings. The molecule has 0 radical (unpaired) electrons. The van der Waals surface area contributed by atoms with E-state index in [1.165, 1.54) is 0 Å². The van der Waals surface area contributed by atoms with E-state index in [1.807, 2.05) is 6.08 Å². The summed E-state index contributed by atoms with van der Waals surface area (Å²) in [6, 6.07) is 0. The SMILES string of the molecule is C#C[C@]1(O)[C@@H]([C@H](O[Si](C)(C)C(C)(C)C)[C@H](C)C=C)[C@@H]2[C@@H](C[C@H]1C)C2(C)C. The average molecular weight is 377 g/mol. The van der Waals surface area contributed by atoms with Gasteiger partial charge in [0.1, 0.15) is 5.60 Å². The zero-order valence-electron chi connectivity index (χ0n) is 18.4. The third-order valence-corrected chi connectivity index (χ3v) is 12.6. The molecule has 2 rings (SSSR count). The van der Waals surface area contributed by atoms with Gasteiger partial charge >= 0.3 is 0 Å². The highest BCUT2D eigenvalue weighted by Gasteiger charge is 2.71. The molecule has 2 aliphatic rings. The molecule has 0 bridgehead atoms. The molecule has 0 spiro atoms. The summed E-state index contributed by atoms with van der Waals surface area (Å²) in [5, 5.41) is 11.7. The number of fused-ring (bicyclic) bond motifs is 1. The highest BCUT2D eigenvalue weighted by atomic mass is 28.4. The van der Waals surface area contributed by atoms with E-state index in [4.69, 9.17) is 10.8 Å². The normalized spacial score (nSPS) is 38.7. The monoisotopic (exact) mass is 376 g/mol. The number of hydrogen-bond acceptors (Lipinski definition) is 2. The molecule has 26 heavy (non-hydrogen) atoms. The molecule has 0 saturated heterocycles. The standard InChI is InChI=1S/C23H40O2Si/c1-12-15(3)20(25-26(10,11)21(5,6)7)19-18-17(22(18,8)9)14-16(4)23(19,24)13-2/h2,12,15-20,24H,1,14H2,3-11H3/t15-,16-,17-,18+,19-,20-,23-/m1/s1. The third kappa shape index (κ3) is 3.23. The van der Waals surface area contributed by atoms with Gasteiger partial charge in [0.25, 0.3) is 0 Å². The Hall–Kier alpha value is -0.563.